The second kappa shape index (κ2) is 12.6. The second-order valence-corrected chi connectivity index (χ2v) is 10.6. The van der Waals surface area contributed by atoms with E-state index >= 15 is 0 Å². The number of anilines is 1. The van der Waals surface area contributed by atoms with Crippen LogP contribution in [0.3, 0.4) is 0 Å². The number of carboxylic acids is 1. The van der Waals surface area contributed by atoms with Gasteiger partial charge in [-0.15, -0.1) is 11.6 Å². The first kappa shape index (κ1) is 29.1. The lowest BCUT2D eigenvalue weighted by Gasteiger charge is -2.24. The Kier molecular flexibility index (Phi) is 9.14. The Bertz CT molecular complexity index is 1520. The third-order valence-corrected chi connectivity index (χ3v) is 7.11. The zero-order valence-corrected chi connectivity index (χ0v) is 23.9. The Morgan fingerprint density at radius 3 is 2.62 bits per heavy atom. The Morgan fingerprint density at radius 2 is 1.90 bits per heavy atom. The van der Waals surface area contributed by atoms with Crippen molar-refractivity contribution in [2.45, 2.75) is 65.1 Å². The van der Waals surface area contributed by atoms with Crippen molar-refractivity contribution in [3.63, 3.8) is 0 Å². The van der Waals surface area contributed by atoms with E-state index in [0.717, 1.165) is 47.1 Å². The quantitative estimate of drug-likeness (QED) is 0.208. The number of hydrogen-bond donors (Lipinski definition) is 2. The lowest BCUT2D eigenvalue weighted by Crippen LogP contribution is -2.38. The lowest BCUT2D eigenvalue weighted by molar-refractivity contribution is -0.152. The van der Waals surface area contributed by atoms with Gasteiger partial charge in [-0.3, -0.25) is 4.79 Å². The average Bonchev–Trinajstić information content (AvgIpc) is 3.30. The van der Waals surface area contributed by atoms with E-state index < -0.39 is 11.6 Å². The summed E-state index contributed by atoms with van der Waals surface area (Å²) >= 11 is 5.97. The first-order valence-corrected chi connectivity index (χ1v) is 14.1. The smallest absolute Gasteiger partial charge is 0.347 e. The third kappa shape index (κ3) is 6.47. The molecular formula is C30H36ClN5O4. The van der Waals surface area contributed by atoms with Gasteiger partial charge in [0.15, 0.2) is 11.4 Å². The number of alkyl halides is 1. The summed E-state index contributed by atoms with van der Waals surface area (Å²) in [4.78, 5) is 35.4. The fourth-order valence-corrected chi connectivity index (χ4v) is 4.90. The molecule has 0 unspecified atom stereocenters. The van der Waals surface area contributed by atoms with Crippen LogP contribution in [-0.4, -0.2) is 54.4 Å². The number of carbonyl (C=O) groups is 2. The number of aryl methyl sites for hydroxylation is 2. The standard InChI is InChI=1S/C30H36ClN5O4/c1-4-5-14-24-34-26-27(22-12-6-7-13-23(22)33-28(26)32)36(24)16-9-15-35(25(37)18-31)19-20-10-8-11-21(17-20)40-30(2,3)29(38)39/h6-8,10-13,17H,4-5,9,14-16,18-19H2,1-3H3,(H2,32,33)(H,38,39). The highest BCUT2D eigenvalue weighted by atomic mass is 35.5. The highest BCUT2D eigenvalue weighted by Crippen LogP contribution is 2.30. The number of para-hydroxylation sites is 1. The molecule has 3 N–H and O–H groups in total. The SMILES string of the molecule is CCCCc1nc2c(N)nc3ccccc3c2n1CCCN(Cc1cccc(OC(C)(C)C(=O)O)c1)C(=O)CCl. The van der Waals surface area contributed by atoms with Crippen molar-refractivity contribution < 1.29 is 19.4 Å². The van der Waals surface area contributed by atoms with Crippen LogP contribution in [0.15, 0.2) is 48.5 Å². The second-order valence-electron chi connectivity index (χ2n) is 10.4. The van der Waals surface area contributed by atoms with Crippen molar-refractivity contribution >= 4 is 51.2 Å². The van der Waals surface area contributed by atoms with E-state index in [2.05, 4.69) is 16.5 Å². The van der Waals surface area contributed by atoms with Gasteiger partial charge in [0.1, 0.15) is 23.0 Å². The molecule has 4 rings (SSSR count). The number of halogens is 1. The Hall–Kier alpha value is -3.85. The van der Waals surface area contributed by atoms with E-state index in [1.807, 2.05) is 30.3 Å². The number of aliphatic carboxylic acids is 1. The van der Waals surface area contributed by atoms with E-state index in [-0.39, 0.29) is 11.8 Å². The van der Waals surface area contributed by atoms with Crippen molar-refractivity contribution in [2.24, 2.45) is 0 Å². The number of nitrogens with zero attached hydrogens (tertiary/aromatic N) is 4. The topological polar surface area (TPSA) is 124 Å². The van der Waals surface area contributed by atoms with E-state index in [4.69, 9.17) is 27.1 Å². The van der Waals surface area contributed by atoms with Crippen molar-refractivity contribution in [1.29, 1.82) is 0 Å². The number of nitrogens with two attached hydrogens (primary N) is 1. The molecule has 0 saturated carbocycles. The number of pyridine rings is 1. The van der Waals surface area contributed by atoms with Crippen LogP contribution in [0.25, 0.3) is 21.9 Å². The number of amides is 1. The summed E-state index contributed by atoms with van der Waals surface area (Å²) in [5.41, 5.74) is 8.26. The zero-order chi connectivity index (χ0) is 28.9. The number of unbranched alkanes of at least 4 members (excludes halogenated alkanes) is 1. The number of aromatic nitrogens is 3. The van der Waals surface area contributed by atoms with E-state index in [9.17, 15) is 14.7 Å². The van der Waals surface area contributed by atoms with Gasteiger partial charge in [0.2, 0.25) is 5.91 Å². The minimum Gasteiger partial charge on any atom is -0.478 e. The maximum atomic E-state index is 12.8. The van der Waals surface area contributed by atoms with Gasteiger partial charge in [-0.25, -0.2) is 14.8 Å². The van der Waals surface area contributed by atoms with Crippen LogP contribution in [0.2, 0.25) is 0 Å². The maximum Gasteiger partial charge on any atom is 0.347 e. The van der Waals surface area contributed by atoms with E-state index in [1.54, 1.807) is 23.1 Å². The van der Waals surface area contributed by atoms with Crippen molar-refractivity contribution in [3.05, 3.63) is 59.9 Å². The molecule has 0 aliphatic rings. The fraction of sp³-hybridized carbons (Fsp3) is 0.400. The van der Waals surface area contributed by atoms with Crippen LogP contribution in [-0.2, 0) is 29.1 Å². The summed E-state index contributed by atoms with van der Waals surface area (Å²) in [5, 5.41) is 10.4. The molecule has 0 radical (unpaired) electrons. The highest BCUT2D eigenvalue weighted by Gasteiger charge is 2.29. The molecule has 2 heterocycles. The summed E-state index contributed by atoms with van der Waals surface area (Å²) in [6, 6.07) is 15.0. The van der Waals surface area contributed by atoms with Gasteiger partial charge in [0, 0.05) is 31.4 Å². The first-order chi connectivity index (χ1) is 19.1. The zero-order valence-electron chi connectivity index (χ0n) is 23.2. The van der Waals surface area contributed by atoms with Crippen LogP contribution in [0, 0.1) is 0 Å². The molecule has 1 amide bonds. The number of nitrogen functional groups attached to an aromatic ring is 1. The third-order valence-electron chi connectivity index (χ3n) is 6.88. The number of rotatable bonds is 13. The van der Waals surface area contributed by atoms with Gasteiger partial charge in [0.25, 0.3) is 0 Å². The molecule has 9 nitrogen and oxygen atoms in total. The maximum absolute atomic E-state index is 12.8. The molecule has 0 fully saturated rings. The highest BCUT2D eigenvalue weighted by molar-refractivity contribution is 6.27. The summed E-state index contributed by atoms with van der Waals surface area (Å²) in [6.07, 6.45) is 3.54. The van der Waals surface area contributed by atoms with Crippen molar-refractivity contribution in [2.75, 3.05) is 18.2 Å². The molecule has 10 heteroatoms. The van der Waals surface area contributed by atoms with Gasteiger partial charge < -0.3 is 25.0 Å². The first-order valence-electron chi connectivity index (χ1n) is 13.5. The number of fused-ring (bicyclic) bond motifs is 3. The Morgan fingerprint density at radius 1 is 1.12 bits per heavy atom. The van der Waals surface area contributed by atoms with Gasteiger partial charge in [-0.1, -0.05) is 43.7 Å². The predicted octanol–water partition coefficient (Wildman–Crippen LogP) is 5.41. The van der Waals surface area contributed by atoms with Crippen molar-refractivity contribution in [3.8, 4) is 5.75 Å². The number of carbonyl (C=O) groups excluding carboxylic acids is 1. The number of hydrogen-bond acceptors (Lipinski definition) is 6. The van der Waals surface area contributed by atoms with Gasteiger partial charge in [-0.2, -0.15) is 0 Å². The van der Waals surface area contributed by atoms with Crippen molar-refractivity contribution in [1.82, 2.24) is 19.4 Å². The van der Waals surface area contributed by atoms with Crippen LogP contribution in [0.1, 0.15) is 51.4 Å². The number of benzene rings is 2. The number of imidazole rings is 1. The summed E-state index contributed by atoms with van der Waals surface area (Å²) in [6.45, 7) is 6.58. The predicted molar refractivity (Wildman–Crippen MR) is 158 cm³/mol. The van der Waals surface area contributed by atoms with Gasteiger partial charge >= 0.3 is 5.97 Å². The summed E-state index contributed by atoms with van der Waals surface area (Å²) in [5.74, 6) is 0.420. The van der Waals surface area contributed by atoms with Crippen LogP contribution in [0.5, 0.6) is 5.75 Å². The van der Waals surface area contributed by atoms with Crippen LogP contribution >= 0.6 is 11.6 Å². The summed E-state index contributed by atoms with van der Waals surface area (Å²) < 4.78 is 7.90. The minimum atomic E-state index is -1.38. The molecule has 0 saturated heterocycles. The Labute approximate surface area is 238 Å². The Balaban J connectivity index is 1.57. The summed E-state index contributed by atoms with van der Waals surface area (Å²) in [7, 11) is 0. The molecule has 2 aromatic carbocycles. The monoisotopic (exact) mass is 565 g/mol. The molecule has 0 atom stereocenters. The largest absolute Gasteiger partial charge is 0.478 e. The molecule has 0 spiro atoms. The molecule has 4 aromatic rings. The van der Waals surface area contributed by atoms with Gasteiger partial charge in [0.05, 0.1) is 11.0 Å². The normalized spacial score (nSPS) is 11.7. The van der Waals surface area contributed by atoms with Crippen LogP contribution in [0.4, 0.5) is 5.82 Å². The average molecular weight is 566 g/mol. The van der Waals surface area contributed by atoms with E-state index in [0.29, 0.717) is 43.1 Å². The fourth-order valence-electron chi connectivity index (χ4n) is 4.73. The molecular weight excluding hydrogens is 530 g/mol. The molecule has 0 aliphatic carbocycles. The van der Waals surface area contributed by atoms with Crippen LogP contribution < -0.4 is 10.5 Å². The number of ether oxygens (including phenoxy) is 1. The molecule has 212 valence electrons. The molecule has 0 aliphatic heterocycles. The molecule has 40 heavy (non-hydrogen) atoms. The number of carboxylic acid groups (broad SMARTS) is 1. The minimum absolute atomic E-state index is 0.134. The molecule has 0 bridgehead atoms. The lowest BCUT2D eigenvalue weighted by atomic mass is 10.1. The molecule has 2 aromatic heterocycles. The van der Waals surface area contributed by atoms with E-state index in [1.165, 1.54) is 13.8 Å². The van der Waals surface area contributed by atoms with Gasteiger partial charge in [-0.05, 0) is 50.5 Å².